The molecule has 63 heavy (non-hydrogen) atoms. The van der Waals surface area contributed by atoms with Crippen LogP contribution in [0.15, 0.2) is 24.3 Å². The summed E-state index contributed by atoms with van der Waals surface area (Å²) >= 11 is 0. The van der Waals surface area contributed by atoms with Crippen molar-refractivity contribution in [2.45, 2.75) is 263 Å². The minimum atomic E-state index is -4.60. The number of ether oxygens (including phenoxy) is 4. The fourth-order valence-electron chi connectivity index (χ4n) is 7.81. The summed E-state index contributed by atoms with van der Waals surface area (Å²) in [5, 5.41) is 30.9. The van der Waals surface area contributed by atoms with Gasteiger partial charge in [0.1, 0.15) is 36.8 Å². The summed E-state index contributed by atoms with van der Waals surface area (Å²) in [6.45, 7) is 3.74. The molecule has 1 aliphatic heterocycles. The molecule has 0 radical (unpaired) electrons. The lowest BCUT2D eigenvalue weighted by Gasteiger charge is -2.40. The topological polar surface area (TPSA) is 186 Å². The maximum atomic E-state index is 12.8. The molecule has 6 atom stereocenters. The van der Waals surface area contributed by atoms with Crippen molar-refractivity contribution in [2.75, 3.05) is 19.0 Å². The van der Waals surface area contributed by atoms with E-state index in [4.69, 9.17) is 18.9 Å². The Balaban J connectivity index is 2.35. The monoisotopic (exact) mass is 917 g/mol. The van der Waals surface area contributed by atoms with E-state index in [9.17, 15) is 37.9 Å². The average Bonchev–Trinajstić information content (AvgIpc) is 3.25. The van der Waals surface area contributed by atoms with Crippen LogP contribution in [0.4, 0.5) is 0 Å². The fraction of sp³-hybridized carbons (Fsp3) is 0.880. The minimum absolute atomic E-state index is 0.151. The van der Waals surface area contributed by atoms with E-state index in [-0.39, 0.29) is 19.4 Å². The molecule has 1 saturated heterocycles. The number of rotatable bonds is 43. The molecule has 1 heterocycles. The van der Waals surface area contributed by atoms with E-state index in [0.29, 0.717) is 12.8 Å². The summed E-state index contributed by atoms with van der Waals surface area (Å²) in [4.78, 5) is 25.5. The molecule has 0 aromatic heterocycles. The number of aliphatic hydroxyl groups excluding tert-OH is 3. The van der Waals surface area contributed by atoms with E-state index in [0.717, 1.165) is 64.2 Å². The van der Waals surface area contributed by atoms with Gasteiger partial charge in [0, 0.05) is 12.8 Å². The van der Waals surface area contributed by atoms with Crippen molar-refractivity contribution in [2.24, 2.45) is 0 Å². The summed E-state index contributed by atoms with van der Waals surface area (Å²) in [5.41, 5.74) is 0. The van der Waals surface area contributed by atoms with Crippen LogP contribution in [0, 0.1) is 0 Å². The van der Waals surface area contributed by atoms with Crippen molar-refractivity contribution in [3.63, 3.8) is 0 Å². The highest BCUT2D eigenvalue weighted by molar-refractivity contribution is 7.85. The predicted molar refractivity (Wildman–Crippen MR) is 252 cm³/mol. The molecule has 0 aliphatic carbocycles. The lowest BCUT2D eigenvalue weighted by molar-refractivity contribution is -0.297. The summed E-state index contributed by atoms with van der Waals surface area (Å²) in [6, 6.07) is 0. The molecule has 1 rings (SSSR count). The van der Waals surface area contributed by atoms with Crippen LogP contribution in [0.25, 0.3) is 0 Å². The van der Waals surface area contributed by atoms with Gasteiger partial charge in [0.15, 0.2) is 12.4 Å². The van der Waals surface area contributed by atoms with E-state index < -0.39 is 71.2 Å². The van der Waals surface area contributed by atoms with Gasteiger partial charge in [-0.2, -0.15) is 8.42 Å². The first-order valence-corrected chi connectivity index (χ1v) is 27.0. The molecule has 0 aromatic carbocycles. The van der Waals surface area contributed by atoms with Gasteiger partial charge in [-0.3, -0.25) is 14.1 Å². The smallest absolute Gasteiger partial charge is 0.306 e. The third-order valence-electron chi connectivity index (χ3n) is 11.8. The molecule has 12 nitrogen and oxygen atoms in total. The van der Waals surface area contributed by atoms with Gasteiger partial charge in [-0.1, -0.05) is 199 Å². The maximum Gasteiger partial charge on any atom is 0.306 e. The van der Waals surface area contributed by atoms with E-state index in [1.165, 1.54) is 122 Å². The summed E-state index contributed by atoms with van der Waals surface area (Å²) in [6.07, 6.45) is 36.5. The van der Waals surface area contributed by atoms with Crippen LogP contribution in [0.5, 0.6) is 0 Å². The second-order valence-corrected chi connectivity index (χ2v) is 19.3. The molecule has 0 aromatic rings. The second-order valence-electron chi connectivity index (χ2n) is 17.8. The third kappa shape index (κ3) is 35.1. The number of hydrogen-bond acceptors (Lipinski definition) is 11. The summed E-state index contributed by atoms with van der Waals surface area (Å²) in [7, 11) is -4.60. The third-order valence-corrected chi connectivity index (χ3v) is 12.5. The van der Waals surface area contributed by atoms with Gasteiger partial charge >= 0.3 is 11.9 Å². The van der Waals surface area contributed by atoms with Crippen molar-refractivity contribution in [3.8, 4) is 0 Å². The lowest BCUT2D eigenvalue weighted by atomic mass is 10.00. The number of unbranched alkanes of at least 4 members (excludes halogenated alkanes) is 27. The lowest BCUT2D eigenvalue weighted by Crippen LogP contribution is -2.60. The second kappa shape index (κ2) is 40.4. The van der Waals surface area contributed by atoms with E-state index in [1.54, 1.807) is 0 Å². The van der Waals surface area contributed by atoms with Crippen molar-refractivity contribution >= 4 is 22.1 Å². The van der Waals surface area contributed by atoms with Gasteiger partial charge in [-0.05, 0) is 38.5 Å². The van der Waals surface area contributed by atoms with Gasteiger partial charge in [-0.15, -0.1) is 0 Å². The summed E-state index contributed by atoms with van der Waals surface area (Å²) in [5.74, 6) is -1.99. The first kappa shape index (κ1) is 59.1. The number of hydrogen-bond donors (Lipinski definition) is 4. The molecule has 13 heteroatoms. The van der Waals surface area contributed by atoms with Gasteiger partial charge in [0.05, 0.1) is 6.61 Å². The number of aliphatic hydroxyl groups is 3. The number of allylic oxidation sites excluding steroid dienone is 4. The zero-order valence-corrected chi connectivity index (χ0v) is 40.5. The Hall–Kier alpha value is -1.87. The standard InChI is InChI=1S/C50H92O12S/c1-3-5-7-9-11-13-15-17-19-20-21-22-23-24-25-27-28-30-32-34-36-38-45(51)59-40-43(41-60-50-49(55)48(54)47(53)44(62-50)42-63(56,57)58)61-46(52)39-37-35-33-31-29-26-18-16-14-12-10-8-6-4-2/h10,12,16,18,43-44,47-50,53-55H,3-9,11,13-15,17,19-42H2,1-2H3,(H,56,57,58)/b12-10-,18-16-. The zero-order chi connectivity index (χ0) is 46.2. The minimum Gasteiger partial charge on any atom is -0.462 e. The Morgan fingerprint density at radius 3 is 1.44 bits per heavy atom. The Morgan fingerprint density at radius 1 is 0.540 bits per heavy atom. The molecule has 370 valence electrons. The Labute approximate surface area is 383 Å². The van der Waals surface area contributed by atoms with Crippen LogP contribution < -0.4 is 0 Å². The normalized spacial score (nSPS) is 19.9. The van der Waals surface area contributed by atoms with Crippen molar-refractivity contribution in [1.82, 2.24) is 0 Å². The van der Waals surface area contributed by atoms with Gasteiger partial charge < -0.3 is 34.3 Å². The average molecular weight is 917 g/mol. The highest BCUT2D eigenvalue weighted by atomic mass is 32.2. The van der Waals surface area contributed by atoms with Crippen molar-refractivity contribution < 1.29 is 56.8 Å². The molecule has 0 saturated carbocycles. The first-order valence-electron chi connectivity index (χ1n) is 25.4. The number of carbonyl (C=O) groups is 2. The zero-order valence-electron chi connectivity index (χ0n) is 39.7. The van der Waals surface area contributed by atoms with Crippen LogP contribution in [0.3, 0.4) is 0 Å². The SMILES string of the molecule is CCCC/C=C\C/C=C\CCCCCCCC(=O)OC(COC(=O)CCCCCCCCCCCCCCCCCCCCCCC)COC1OC(CS(=O)(=O)O)C(O)C(O)C1O. The van der Waals surface area contributed by atoms with Crippen molar-refractivity contribution in [1.29, 1.82) is 0 Å². The Bertz CT molecular complexity index is 1260. The quantitative estimate of drug-likeness (QED) is 0.0197. The fourth-order valence-corrected chi connectivity index (χ4v) is 8.50. The Kier molecular flexibility index (Phi) is 37.9. The van der Waals surface area contributed by atoms with Crippen LogP contribution in [0.2, 0.25) is 0 Å². The molecular formula is C50H92O12S. The molecule has 1 aliphatic rings. The molecular weight excluding hydrogens is 825 g/mol. The van der Waals surface area contributed by atoms with Crippen LogP contribution >= 0.6 is 0 Å². The maximum absolute atomic E-state index is 12.8. The molecule has 0 amide bonds. The molecule has 0 bridgehead atoms. The van der Waals surface area contributed by atoms with E-state index in [2.05, 4.69) is 38.2 Å². The van der Waals surface area contributed by atoms with E-state index >= 15 is 0 Å². The van der Waals surface area contributed by atoms with Crippen LogP contribution in [-0.4, -0.2) is 96.0 Å². The van der Waals surface area contributed by atoms with Crippen LogP contribution in [0.1, 0.15) is 226 Å². The van der Waals surface area contributed by atoms with E-state index in [1.807, 2.05) is 0 Å². The van der Waals surface area contributed by atoms with Gasteiger partial charge in [-0.25, -0.2) is 0 Å². The van der Waals surface area contributed by atoms with Gasteiger partial charge in [0.2, 0.25) is 0 Å². The largest absolute Gasteiger partial charge is 0.462 e. The molecule has 1 fully saturated rings. The highest BCUT2D eigenvalue weighted by Gasteiger charge is 2.46. The number of carbonyl (C=O) groups excluding carboxylic acids is 2. The highest BCUT2D eigenvalue weighted by Crippen LogP contribution is 2.24. The summed E-state index contributed by atoms with van der Waals surface area (Å²) < 4.78 is 54.2. The predicted octanol–water partition coefficient (Wildman–Crippen LogP) is 11.2. The molecule has 4 N–H and O–H groups in total. The van der Waals surface area contributed by atoms with Crippen LogP contribution in [-0.2, 0) is 38.7 Å². The number of esters is 2. The molecule has 0 spiro atoms. The molecule has 6 unspecified atom stereocenters. The Morgan fingerprint density at radius 2 is 0.968 bits per heavy atom. The van der Waals surface area contributed by atoms with Gasteiger partial charge in [0.25, 0.3) is 10.1 Å². The van der Waals surface area contributed by atoms with Crippen molar-refractivity contribution in [3.05, 3.63) is 24.3 Å². The first-order chi connectivity index (χ1) is 30.5.